The van der Waals surface area contributed by atoms with Crippen molar-refractivity contribution in [1.29, 1.82) is 0 Å². The van der Waals surface area contributed by atoms with E-state index in [1.54, 1.807) is 12.1 Å². The number of anilines is 1. The molecule has 3 N–H and O–H groups in total. The number of benzene rings is 1. The minimum atomic E-state index is -0.341. The Balaban J connectivity index is 2.16. The number of aryl methyl sites for hydroxylation is 2. The summed E-state index contributed by atoms with van der Waals surface area (Å²) in [5.41, 5.74) is 3.95. The molecule has 1 aromatic carbocycles. The third-order valence-corrected chi connectivity index (χ3v) is 3.38. The van der Waals surface area contributed by atoms with Gasteiger partial charge in [0.2, 0.25) is 0 Å². The minimum Gasteiger partial charge on any atom is -0.394 e. The SMILES string of the molecule is CCC(CO)NC(=O)Nc1ccc2nc(C)c(C)nc2c1. The summed E-state index contributed by atoms with van der Waals surface area (Å²) in [7, 11) is 0. The van der Waals surface area contributed by atoms with Crippen molar-refractivity contribution in [2.24, 2.45) is 0 Å². The third kappa shape index (κ3) is 3.66. The summed E-state index contributed by atoms with van der Waals surface area (Å²) >= 11 is 0. The van der Waals surface area contributed by atoms with Gasteiger partial charge in [-0.15, -0.1) is 0 Å². The van der Waals surface area contributed by atoms with E-state index < -0.39 is 0 Å². The largest absolute Gasteiger partial charge is 0.394 e. The predicted molar refractivity (Wildman–Crippen MR) is 82.3 cm³/mol. The summed E-state index contributed by atoms with van der Waals surface area (Å²) in [6, 6.07) is 4.81. The fourth-order valence-corrected chi connectivity index (χ4v) is 1.94. The molecule has 1 unspecified atom stereocenters. The first-order valence-electron chi connectivity index (χ1n) is 6.97. The molecule has 0 radical (unpaired) electrons. The Kier molecular flexibility index (Phi) is 4.70. The van der Waals surface area contributed by atoms with Crippen LogP contribution in [0.4, 0.5) is 10.5 Å². The lowest BCUT2D eigenvalue weighted by Crippen LogP contribution is -2.39. The summed E-state index contributed by atoms with van der Waals surface area (Å²) in [5.74, 6) is 0. The number of carbonyl (C=O) groups excluding carboxylic acids is 1. The standard InChI is InChI=1S/C15H20N4O2/c1-4-11(8-20)18-15(21)19-12-5-6-13-14(7-12)17-10(3)9(2)16-13/h5-7,11,20H,4,8H2,1-3H3,(H2,18,19,21). The van der Waals surface area contributed by atoms with E-state index in [9.17, 15) is 4.79 Å². The number of hydrogen-bond donors (Lipinski definition) is 3. The number of aliphatic hydroxyl groups is 1. The molecule has 2 amide bonds. The number of nitrogens with zero attached hydrogens (tertiary/aromatic N) is 2. The van der Waals surface area contributed by atoms with E-state index >= 15 is 0 Å². The first-order chi connectivity index (χ1) is 10.0. The molecule has 1 aromatic heterocycles. The zero-order chi connectivity index (χ0) is 15.4. The maximum absolute atomic E-state index is 11.8. The zero-order valence-corrected chi connectivity index (χ0v) is 12.5. The van der Waals surface area contributed by atoms with Crippen LogP contribution in [0.5, 0.6) is 0 Å². The van der Waals surface area contributed by atoms with Gasteiger partial charge < -0.3 is 15.7 Å². The number of hydrogen-bond acceptors (Lipinski definition) is 4. The predicted octanol–water partition coefficient (Wildman–Crippen LogP) is 2.14. The minimum absolute atomic E-state index is 0.0778. The molecule has 0 fully saturated rings. The molecule has 112 valence electrons. The molecule has 2 aromatic rings. The Hall–Kier alpha value is -2.21. The van der Waals surface area contributed by atoms with Gasteiger partial charge in [0.1, 0.15) is 0 Å². The van der Waals surface area contributed by atoms with Crippen LogP contribution in [0.3, 0.4) is 0 Å². The van der Waals surface area contributed by atoms with Crippen molar-refractivity contribution in [3.8, 4) is 0 Å². The van der Waals surface area contributed by atoms with Gasteiger partial charge in [0.25, 0.3) is 0 Å². The molecule has 1 atom stereocenters. The van der Waals surface area contributed by atoms with E-state index in [0.717, 1.165) is 22.4 Å². The number of carbonyl (C=O) groups is 1. The van der Waals surface area contributed by atoms with Crippen LogP contribution in [0.1, 0.15) is 24.7 Å². The fourth-order valence-electron chi connectivity index (χ4n) is 1.94. The Morgan fingerprint density at radius 1 is 1.24 bits per heavy atom. The van der Waals surface area contributed by atoms with Gasteiger partial charge in [-0.05, 0) is 38.5 Å². The van der Waals surface area contributed by atoms with E-state index in [0.29, 0.717) is 12.1 Å². The smallest absolute Gasteiger partial charge is 0.319 e. The lowest BCUT2D eigenvalue weighted by Gasteiger charge is -2.14. The summed E-state index contributed by atoms with van der Waals surface area (Å²) in [4.78, 5) is 20.7. The number of urea groups is 1. The van der Waals surface area contributed by atoms with Crippen LogP contribution in [0.15, 0.2) is 18.2 Å². The van der Waals surface area contributed by atoms with Crippen LogP contribution >= 0.6 is 0 Å². The van der Waals surface area contributed by atoms with E-state index in [1.807, 2.05) is 26.8 Å². The summed E-state index contributed by atoms with van der Waals surface area (Å²) < 4.78 is 0. The Morgan fingerprint density at radius 3 is 2.52 bits per heavy atom. The molecule has 0 bridgehead atoms. The van der Waals surface area contributed by atoms with Crippen LogP contribution in [-0.4, -0.2) is 33.8 Å². The fraction of sp³-hybridized carbons (Fsp3) is 0.400. The average molecular weight is 288 g/mol. The Bertz CT molecular complexity index is 653. The van der Waals surface area contributed by atoms with Gasteiger partial charge in [-0.2, -0.15) is 0 Å². The van der Waals surface area contributed by atoms with E-state index in [4.69, 9.17) is 5.11 Å². The van der Waals surface area contributed by atoms with E-state index in [2.05, 4.69) is 20.6 Å². The lowest BCUT2D eigenvalue weighted by atomic mass is 10.2. The van der Waals surface area contributed by atoms with E-state index in [1.165, 1.54) is 0 Å². The number of aromatic nitrogens is 2. The van der Waals surface area contributed by atoms with Crippen molar-refractivity contribution >= 4 is 22.8 Å². The average Bonchev–Trinajstić information content (AvgIpc) is 2.46. The Morgan fingerprint density at radius 2 is 1.90 bits per heavy atom. The molecule has 0 saturated carbocycles. The highest BCUT2D eigenvalue weighted by Gasteiger charge is 2.10. The number of nitrogens with one attached hydrogen (secondary N) is 2. The van der Waals surface area contributed by atoms with Gasteiger partial charge >= 0.3 is 6.03 Å². The lowest BCUT2D eigenvalue weighted by molar-refractivity contribution is 0.222. The van der Waals surface area contributed by atoms with E-state index in [-0.39, 0.29) is 18.7 Å². The third-order valence-electron chi connectivity index (χ3n) is 3.38. The maximum Gasteiger partial charge on any atom is 0.319 e. The van der Waals surface area contributed by atoms with Crippen LogP contribution in [0.2, 0.25) is 0 Å². The van der Waals surface area contributed by atoms with Crippen molar-refractivity contribution in [2.45, 2.75) is 33.2 Å². The summed E-state index contributed by atoms with van der Waals surface area (Å²) in [6.07, 6.45) is 0.672. The molecule has 2 rings (SSSR count). The normalized spacial score (nSPS) is 12.2. The molecule has 0 aliphatic carbocycles. The molecule has 0 aliphatic heterocycles. The van der Waals surface area contributed by atoms with Gasteiger partial charge in [0.15, 0.2) is 0 Å². The Labute approximate surface area is 123 Å². The van der Waals surface area contributed by atoms with Crippen molar-refractivity contribution in [1.82, 2.24) is 15.3 Å². The first kappa shape index (κ1) is 15.2. The monoisotopic (exact) mass is 288 g/mol. The van der Waals surface area contributed by atoms with Gasteiger partial charge in [-0.1, -0.05) is 6.92 Å². The number of aliphatic hydroxyl groups excluding tert-OH is 1. The zero-order valence-electron chi connectivity index (χ0n) is 12.5. The van der Waals surface area contributed by atoms with Crippen LogP contribution < -0.4 is 10.6 Å². The topological polar surface area (TPSA) is 87.1 Å². The van der Waals surface area contributed by atoms with Crippen LogP contribution in [-0.2, 0) is 0 Å². The maximum atomic E-state index is 11.8. The molecule has 0 aliphatic rings. The first-order valence-corrected chi connectivity index (χ1v) is 6.97. The molecule has 0 saturated heterocycles. The van der Waals surface area contributed by atoms with Crippen molar-refractivity contribution < 1.29 is 9.90 Å². The highest BCUT2D eigenvalue weighted by Crippen LogP contribution is 2.17. The van der Waals surface area contributed by atoms with Gasteiger partial charge in [0, 0.05) is 5.69 Å². The quantitative estimate of drug-likeness (QED) is 0.804. The van der Waals surface area contributed by atoms with Gasteiger partial charge in [-0.25, -0.2) is 14.8 Å². The molecule has 1 heterocycles. The second-order valence-corrected chi connectivity index (χ2v) is 4.98. The van der Waals surface area contributed by atoms with Crippen LogP contribution in [0.25, 0.3) is 11.0 Å². The highest BCUT2D eigenvalue weighted by atomic mass is 16.3. The second-order valence-electron chi connectivity index (χ2n) is 4.98. The molecular weight excluding hydrogens is 268 g/mol. The van der Waals surface area contributed by atoms with Gasteiger partial charge in [-0.3, -0.25) is 0 Å². The van der Waals surface area contributed by atoms with Crippen molar-refractivity contribution in [3.63, 3.8) is 0 Å². The summed E-state index contributed by atoms with van der Waals surface area (Å²) in [5, 5.41) is 14.5. The van der Waals surface area contributed by atoms with Crippen LogP contribution in [0, 0.1) is 13.8 Å². The molecule has 21 heavy (non-hydrogen) atoms. The highest BCUT2D eigenvalue weighted by molar-refractivity contribution is 5.92. The molecular formula is C15H20N4O2. The summed E-state index contributed by atoms with van der Waals surface area (Å²) in [6.45, 7) is 5.65. The van der Waals surface area contributed by atoms with Crippen molar-refractivity contribution in [2.75, 3.05) is 11.9 Å². The van der Waals surface area contributed by atoms with Gasteiger partial charge in [0.05, 0.1) is 35.1 Å². The number of fused-ring (bicyclic) bond motifs is 1. The molecule has 0 spiro atoms. The second kappa shape index (κ2) is 6.49. The number of rotatable bonds is 4. The molecule has 6 nitrogen and oxygen atoms in total. The number of amides is 2. The van der Waals surface area contributed by atoms with Crippen molar-refractivity contribution in [3.05, 3.63) is 29.6 Å². The molecule has 6 heteroatoms.